The summed E-state index contributed by atoms with van der Waals surface area (Å²) < 4.78 is 17.3. The standard InChI is InChI=1S/C26H28FN7O/c1-15-23(26(35)10-11-26)16(2)34(31-15)22-13-21(28)30-25-20(9-12-29-22)24(18-5-7-19(27)8-6-18)32-33(25)14-17-3-4-17/h5-9,12-13,17,30,35H,3-4,10-11,14,28H2,1-2H3. The van der Waals surface area contributed by atoms with Gasteiger partial charge in [0.25, 0.3) is 0 Å². The number of aromatic amines is 1. The molecular formula is C26H28FN7O. The molecule has 0 unspecified atom stereocenters. The quantitative estimate of drug-likeness (QED) is 0.396. The van der Waals surface area contributed by atoms with Crippen molar-refractivity contribution in [1.29, 1.82) is 0 Å². The molecule has 4 aromatic rings. The molecule has 2 fully saturated rings. The van der Waals surface area contributed by atoms with Crippen molar-refractivity contribution in [3.8, 4) is 17.1 Å². The molecule has 8 nitrogen and oxygen atoms in total. The number of fused-ring (bicyclic) bond motifs is 1. The van der Waals surface area contributed by atoms with E-state index in [4.69, 9.17) is 10.8 Å². The molecule has 2 aliphatic carbocycles. The van der Waals surface area contributed by atoms with Crippen molar-refractivity contribution in [3.63, 3.8) is 0 Å². The maximum absolute atomic E-state index is 13.6. The molecule has 3 heterocycles. The highest BCUT2D eigenvalue weighted by Gasteiger charge is 2.46. The van der Waals surface area contributed by atoms with Gasteiger partial charge in [-0.2, -0.15) is 10.2 Å². The number of benzene rings is 1. The van der Waals surface area contributed by atoms with Gasteiger partial charge in [0.1, 0.15) is 23.0 Å². The molecule has 4 N–H and O–H groups in total. The molecule has 3 aromatic heterocycles. The largest absolute Gasteiger partial charge is 0.385 e. The van der Waals surface area contributed by atoms with E-state index in [0.29, 0.717) is 17.6 Å². The van der Waals surface area contributed by atoms with E-state index in [1.807, 2.05) is 24.6 Å². The molecule has 0 bridgehead atoms. The van der Waals surface area contributed by atoms with Crippen LogP contribution in [0.4, 0.5) is 10.2 Å². The van der Waals surface area contributed by atoms with Crippen molar-refractivity contribution in [2.75, 3.05) is 5.73 Å². The van der Waals surface area contributed by atoms with Crippen LogP contribution in [0.2, 0.25) is 0 Å². The van der Waals surface area contributed by atoms with Gasteiger partial charge in [0.2, 0.25) is 0 Å². The minimum atomic E-state index is -0.790. The average Bonchev–Trinajstić information content (AvgIpc) is 3.72. The van der Waals surface area contributed by atoms with Gasteiger partial charge in [-0.05, 0) is 75.8 Å². The van der Waals surface area contributed by atoms with Gasteiger partial charge in [-0.1, -0.05) is 0 Å². The van der Waals surface area contributed by atoms with Crippen molar-refractivity contribution in [1.82, 2.24) is 29.5 Å². The lowest BCUT2D eigenvalue weighted by atomic mass is 10.1. The molecular weight excluding hydrogens is 445 g/mol. The summed E-state index contributed by atoms with van der Waals surface area (Å²) in [7, 11) is 0. The van der Waals surface area contributed by atoms with Crippen molar-refractivity contribution in [3.05, 3.63) is 65.4 Å². The van der Waals surface area contributed by atoms with E-state index >= 15 is 0 Å². The van der Waals surface area contributed by atoms with E-state index in [0.717, 1.165) is 58.6 Å². The minimum Gasteiger partial charge on any atom is -0.385 e. The Hall–Kier alpha value is -3.72. The maximum atomic E-state index is 13.6. The Morgan fingerprint density at radius 1 is 1.14 bits per heavy atom. The molecule has 2 aliphatic rings. The Kier molecular flexibility index (Phi) is 4.93. The highest BCUT2D eigenvalue weighted by Crippen LogP contribution is 2.48. The first kappa shape index (κ1) is 21.8. The summed E-state index contributed by atoms with van der Waals surface area (Å²) in [5, 5.41) is 21.1. The summed E-state index contributed by atoms with van der Waals surface area (Å²) in [6.45, 7) is 4.63. The third-order valence-corrected chi connectivity index (χ3v) is 6.93. The molecule has 9 heteroatoms. The van der Waals surface area contributed by atoms with Crippen molar-refractivity contribution in [2.24, 2.45) is 5.92 Å². The van der Waals surface area contributed by atoms with E-state index in [9.17, 15) is 9.50 Å². The second-order valence-electron chi connectivity index (χ2n) is 9.76. The number of hydrogen-bond donors (Lipinski definition) is 3. The van der Waals surface area contributed by atoms with Gasteiger partial charge in [0.05, 0.1) is 11.3 Å². The van der Waals surface area contributed by atoms with Gasteiger partial charge in [-0.3, -0.25) is 0 Å². The monoisotopic (exact) mass is 473 g/mol. The van der Waals surface area contributed by atoms with Gasteiger partial charge < -0.3 is 15.8 Å². The first-order chi connectivity index (χ1) is 16.8. The van der Waals surface area contributed by atoms with Crippen LogP contribution in [-0.2, 0) is 12.1 Å². The van der Waals surface area contributed by atoms with Crippen LogP contribution in [0.25, 0.3) is 28.1 Å². The summed E-state index contributed by atoms with van der Waals surface area (Å²) >= 11 is 0. The average molecular weight is 474 g/mol. The zero-order chi connectivity index (χ0) is 24.3. The van der Waals surface area contributed by atoms with Gasteiger partial charge in [-0.15, -0.1) is 0 Å². The molecule has 0 amide bonds. The van der Waals surface area contributed by atoms with Crippen molar-refractivity contribution >= 4 is 16.9 Å². The highest BCUT2D eigenvalue weighted by atomic mass is 19.1. The Balaban J connectivity index is 1.54. The summed E-state index contributed by atoms with van der Waals surface area (Å²) in [6.07, 6.45) is 5.56. The maximum Gasteiger partial charge on any atom is 0.157 e. The van der Waals surface area contributed by atoms with Crippen LogP contribution >= 0.6 is 0 Å². The number of aryl methyl sites for hydroxylation is 1. The van der Waals surface area contributed by atoms with Crippen molar-refractivity contribution in [2.45, 2.75) is 51.7 Å². The predicted octanol–water partition coefficient (Wildman–Crippen LogP) is 4.47. The van der Waals surface area contributed by atoms with Crippen LogP contribution < -0.4 is 5.73 Å². The SMILES string of the molecule is Cc1nn(-c2cc(N)[nH]c3c(ccn2)c(-c2ccc(F)cc2)nn3CC2CC2)c(C)c1C1(O)CC1. The van der Waals surface area contributed by atoms with Crippen LogP contribution in [0.1, 0.15) is 42.6 Å². The fourth-order valence-electron chi connectivity index (χ4n) is 4.82. The first-order valence-electron chi connectivity index (χ1n) is 12.0. The number of halogens is 1. The molecule has 35 heavy (non-hydrogen) atoms. The lowest BCUT2D eigenvalue weighted by Gasteiger charge is -2.08. The summed E-state index contributed by atoms with van der Waals surface area (Å²) in [5.74, 6) is 1.24. The number of aromatic nitrogens is 6. The van der Waals surface area contributed by atoms with Gasteiger partial charge in [-0.25, -0.2) is 18.7 Å². The fraction of sp³-hybridized carbons (Fsp3) is 0.346. The number of nitrogens with one attached hydrogen (secondary N) is 1. The van der Waals surface area contributed by atoms with E-state index in [1.165, 1.54) is 25.0 Å². The summed E-state index contributed by atoms with van der Waals surface area (Å²) in [4.78, 5) is 8.00. The second kappa shape index (κ2) is 7.91. The molecule has 2 saturated carbocycles. The molecule has 0 saturated heterocycles. The zero-order valence-electron chi connectivity index (χ0n) is 19.8. The molecule has 0 aliphatic heterocycles. The number of aliphatic hydroxyl groups is 1. The van der Waals surface area contributed by atoms with Crippen LogP contribution in [0.15, 0.2) is 42.6 Å². The van der Waals surface area contributed by atoms with Gasteiger partial charge >= 0.3 is 0 Å². The smallest absolute Gasteiger partial charge is 0.157 e. The zero-order valence-corrected chi connectivity index (χ0v) is 19.8. The lowest BCUT2D eigenvalue weighted by molar-refractivity contribution is 0.150. The number of anilines is 1. The van der Waals surface area contributed by atoms with E-state index in [-0.39, 0.29) is 5.82 Å². The Bertz CT molecular complexity index is 1490. The Morgan fingerprint density at radius 3 is 2.57 bits per heavy atom. The molecule has 180 valence electrons. The number of rotatable bonds is 5. The third-order valence-electron chi connectivity index (χ3n) is 6.93. The number of nitrogens with zero attached hydrogens (tertiary/aromatic N) is 5. The topological polar surface area (TPSA) is 111 Å². The number of nitrogen functional groups attached to an aromatic ring is 1. The van der Waals surface area contributed by atoms with Gasteiger partial charge in [0, 0.05) is 41.0 Å². The minimum absolute atomic E-state index is 0.291. The van der Waals surface area contributed by atoms with E-state index in [2.05, 4.69) is 15.1 Å². The molecule has 0 spiro atoms. The number of nitrogens with two attached hydrogens (primary N) is 1. The number of hydrogen-bond acceptors (Lipinski definition) is 5. The Labute approximate surface area is 201 Å². The summed E-state index contributed by atoms with van der Waals surface area (Å²) in [5.41, 5.74) is 10.5. The molecule has 0 radical (unpaired) electrons. The predicted molar refractivity (Wildman–Crippen MR) is 132 cm³/mol. The highest BCUT2D eigenvalue weighted by molar-refractivity contribution is 5.91. The molecule has 6 rings (SSSR count). The second-order valence-corrected chi connectivity index (χ2v) is 9.76. The van der Waals surface area contributed by atoms with Gasteiger partial charge in [0.15, 0.2) is 5.82 Å². The van der Waals surface area contributed by atoms with Crippen LogP contribution in [0.3, 0.4) is 0 Å². The summed E-state index contributed by atoms with van der Waals surface area (Å²) in [6, 6.07) is 9.97. The Morgan fingerprint density at radius 2 is 1.89 bits per heavy atom. The first-order valence-corrected chi connectivity index (χ1v) is 12.0. The van der Waals surface area contributed by atoms with E-state index in [1.54, 1.807) is 29.1 Å². The normalized spacial score (nSPS) is 16.5. The third kappa shape index (κ3) is 3.95. The lowest BCUT2D eigenvalue weighted by Crippen LogP contribution is -2.08. The fourth-order valence-corrected chi connectivity index (χ4v) is 4.82. The van der Waals surface area contributed by atoms with Crippen LogP contribution in [0.5, 0.6) is 0 Å². The molecule has 0 atom stereocenters. The van der Waals surface area contributed by atoms with E-state index < -0.39 is 5.60 Å². The van der Waals surface area contributed by atoms with Crippen LogP contribution in [-0.4, -0.2) is 34.6 Å². The molecule has 1 aromatic carbocycles. The number of H-pyrrole nitrogens is 1. The van der Waals surface area contributed by atoms with Crippen molar-refractivity contribution < 1.29 is 9.50 Å². The van der Waals surface area contributed by atoms with Crippen LogP contribution in [0, 0.1) is 25.6 Å².